The van der Waals surface area contributed by atoms with Crippen LogP contribution in [0.5, 0.6) is 5.75 Å². The second kappa shape index (κ2) is 10.3. The van der Waals surface area contributed by atoms with Crippen molar-refractivity contribution in [2.75, 3.05) is 46.6 Å². The molecule has 0 radical (unpaired) electrons. The number of methoxy groups -OCH3 is 1. The van der Waals surface area contributed by atoms with Crippen molar-refractivity contribution in [2.24, 2.45) is 4.99 Å². The van der Waals surface area contributed by atoms with E-state index >= 15 is 0 Å². The molecule has 7 nitrogen and oxygen atoms in total. The molecule has 0 aromatic heterocycles. The van der Waals surface area contributed by atoms with Gasteiger partial charge in [0.05, 0.1) is 17.9 Å². The number of benzene rings is 1. The third-order valence-electron chi connectivity index (χ3n) is 5.70. The van der Waals surface area contributed by atoms with Crippen molar-refractivity contribution in [2.45, 2.75) is 43.9 Å². The maximum atomic E-state index is 11.9. The van der Waals surface area contributed by atoms with E-state index < -0.39 is 14.6 Å². The van der Waals surface area contributed by atoms with E-state index in [1.807, 2.05) is 12.1 Å². The van der Waals surface area contributed by atoms with Gasteiger partial charge < -0.3 is 15.4 Å². The molecular formula is C21H36N4O3S. The highest BCUT2D eigenvalue weighted by Crippen LogP contribution is 2.26. The summed E-state index contributed by atoms with van der Waals surface area (Å²) in [6.45, 7) is 6.57. The average molecular weight is 425 g/mol. The summed E-state index contributed by atoms with van der Waals surface area (Å²) in [4.78, 5) is 6.78. The normalized spacial score (nSPS) is 17.6. The van der Waals surface area contributed by atoms with Crippen LogP contribution in [-0.4, -0.2) is 70.6 Å². The molecule has 0 amide bonds. The lowest BCUT2D eigenvalue weighted by atomic mass is 10.0. The van der Waals surface area contributed by atoms with Crippen LogP contribution in [-0.2, 0) is 9.84 Å². The highest BCUT2D eigenvalue weighted by molar-refractivity contribution is 7.92. The Kier molecular flexibility index (Phi) is 8.34. The number of likely N-dealkylation sites (tertiary alicyclic amines) is 1. The molecule has 1 heterocycles. The van der Waals surface area contributed by atoms with E-state index in [1.54, 1.807) is 28.0 Å². The number of sulfone groups is 1. The lowest BCUT2D eigenvalue weighted by Crippen LogP contribution is -2.49. The van der Waals surface area contributed by atoms with Crippen LogP contribution in [0.15, 0.2) is 29.3 Å². The third kappa shape index (κ3) is 6.60. The van der Waals surface area contributed by atoms with Crippen molar-refractivity contribution in [3.8, 4) is 5.75 Å². The van der Waals surface area contributed by atoms with Crippen LogP contribution in [0, 0.1) is 0 Å². The van der Waals surface area contributed by atoms with Crippen molar-refractivity contribution in [3.63, 3.8) is 0 Å². The van der Waals surface area contributed by atoms with E-state index in [0.717, 1.165) is 18.8 Å². The van der Waals surface area contributed by atoms with Gasteiger partial charge >= 0.3 is 0 Å². The molecule has 8 heteroatoms. The number of hydrogen-bond acceptors (Lipinski definition) is 5. The highest BCUT2D eigenvalue weighted by Gasteiger charge is 2.30. The van der Waals surface area contributed by atoms with Crippen LogP contribution in [0.1, 0.15) is 44.7 Å². The Morgan fingerprint density at radius 2 is 1.79 bits per heavy atom. The van der Waals surface area contributed by atoms with Gasteiger partial charge in [-0.2, -0.15) is 0 Å². The number of aliphatic imine (C=N–C) groups is 1. The van der Waals surface area contributed by atoms with E-state index in [4.69, 9.17) is 4.74 Å². The van der Waals surface area contributed by atoms with E-state index in [-0.39, 0.29) is 6.04 Å². The topological polar surface area (TPSA) is 83.0 Å². The molecule has 1 atom stereocenters. The molecule has 29 heavy (non-hydrogen) atoms. The molecule has 0 bridgehead atoms. The lowest BCUT2D eigenvalue weighted by molar-refractivity contribution is 0.164. The smallest absolute Gasteiger partial charge is 0.191 e. The Bertz CT molecular complexity index is 770. The monoisotopic (exact) mass is 424 g/mol. The Labute approximate surface area is 175 Å². The van der Waals surface area contributed by atoms with Crippen molar-refractivity contribution < 1.29 is 13.2 Å². The van der Waals surface area contributed by atoms with Crippen molar-refractivity contribution in [3.05, 3.63) is 29.8 Å². The Hall–Kier alpha value is -1.80. The first-order chi connectivity index (χ1) is 13.7. The number of guanidine groups is 1. The number of rotatable bonds is 8. The van der Waals surface area contributed by atoms with Gasteiger partial charge in [0.1, 0.15) is 5.75 Å². The van der Waals surface area contributed by atoms with E-state index in [2.05, 4.69) is 32.7 Å². The highest BCUT2D eigenvalue weighted by atomic mass is 32.2. The van der Waals surface area contributed by atoms with Crippen LogP contribution in [0.25, 0.3) is 0 Å². The molecule has 0 saturated carbocycles. The minimum atomic E-state index is -3.17. The average Bonchev–Trinajstić information content (AvgIpc) is 2.70. The maximum Gasteiger partial charge on any atom is 0.191 e. The standard InChI is InChI=1S/C21H36N4O3S/c1-21(2,29(5,26)27)16-24-20(22-3)23-15-19(25-13-7-6-8-14-25)17-9-11-18(28-4)12-10-17/h9-12,19H,6-8,13-16H2,1-5H3,(H2,22,23,24). The molecule has 0 spiro atoms. The number of nitrogens with one attached hydrogen (secondary N) is 2. The minimum Gasteiger partial charge on any atom is -0.497 e. The lowest BCUT2D eigenvalue weighted by Gasteiger charge is -2.35. The summed E-state index contributed by atoms with van der Waals surface area (Å²) in [7, 11) is 0.204. The van der Waals surface area contributed by atoms with Crippen LogP contribution < -0.4 is 15.4 Å². The predicted octanol–water partition coefficient (Wildman–Crippen LogP) is 2.21. The van der Waals surface area contributed by atoms with Gasteiger partial charge in [-0.25, -0.2) is 8.42 Å². The van der Waals surface area contributed by atoms with Gasteiger partial charge in [0.25, 0.3) is 0 Å². The quantitative estimate of drug-likeness (QED) is 0.492. The molecule has 1 aliphatic rings. The summed E-state index contributed by atoms with van der Waals surface area (Å²) in [6.07, 6.45) is 4.97. The first-order valence-electron chi connectivity index (χ1n) is 10.2. The van der Waals surface area contributed by atoms with Crippen molar-refractivity contribution >= 4 is 15.8 Å². The molecule has 1 fully saturated rings. The third-order valence-corrected chi connectivity index (χ3v) is 7.86. The summed E-state index contributed by atoms with van der Waals surface area (Å²) in [6, 6.07) is 8.43. The van der Waals surface area contributed by atoms with Gasteiger partial charge in [0.2, 0.25) is 0 Å². The summed E-state index contributed by atoms with van der Waals surface area (Å²) < 4.78 is 28.3. The minimum absolute atomic E-state index is 0.211. The molecule has 1 aromatic rings. The van der Waals surface area contributed by atoms with Gasteiger partial charge in [-0.15, -0.1) is 0 Å². The van der Waals surface area contributed by atoms with Crippen molar-refractivity contribution in [1.82, 2.24) is 15.5 Å². The predicted molar refractivity (Wildman–Crippen MR) is 119 cm³/mol. The van der Waals surface area contributed by atoms with Gasteiger partial charge in [-0.1, -0.05) is 18.6 Å². The van der Waals surface area contributed by atoms with Gasteiger partial charge in [-0.05, 0) is 57.5 Å². The Morgan fingerprint density at radius 3 is 2.31 bits per heavy atom. The van der Waals surface area contributed by atoms with Crippen LogP contribution in [0.3, 0.4) is 0 Å². The number of hydrogen-bond donors (Lipinski definition) is 2. The zero-order valence-corrected chi connectivity index (χ0v) is 19.2. The summed E-state index contributed by atoms with van der Waals surface area (Å²) in [5.74, 6) is 1.46. The van der Waals surface area contributed by atoms with Crippen LogP contribution in [0.2, 0.25) is 0 Å². The Morgan fingerprint density at radius 1 is 1.17 bits per heavy atom. The molecule has 2 rings (SSSR count). The zero-order valence-electron chi connectivity index (χ0n) is 18.4. The molecule has 2 N–H and O–H groups in total. The SMILES string of the molecule is CN=C(NCC(c1ccc(OC)cc1)N1CCCCC1)NCC(C)(C)S(C)(=O)=O. The second-order valence-corrected chi connectivity index (χ2v) is 10.9. The fourth-order valence-corrected chi connectivity index (χ4v) is 3.69. The maximum absolute atomic E-state index is 11.9. The first kappa shape index (κ1) is 23.5. The number of nitrogens with zero attached hydrogens (tertiary/aromatic N) is 2. The second-order valence-electron chi connectivity index (χ2n) is 8.22. The first-order valence-corrected chi connectivity index (χ1v) is 12.1. The number of ether oxygens (including phenoxy) is 1. The molecule has 164 valence electrons. The molecule has 1 saturated heterocycles. The Balaban J connectivity index is 2.07. The van der Waals surface area contributed by atoms with Gasteiger partial charge in [-0.3, -0.25) is 9.89 Å². The van der Waals surface area contributed by atoms with Gasteiger partial charge in [0.15, 0.2) is 15.8 Å². The molecule has 1 aromatic carbocycles. The zero-order chi connectivity index (χ0) is 21.5. The largest absolute Gasteiger partial charge is 0.497 e. The van der Waals surface area contributed by atoms with E-state index in [1.165, 1.54) is 31.1 Å². The fraction of sp³-hybridized carbons (Fsp3) is 0.667. The van der Waals surface area contributed by atoms with Crippen molar-refractivity contribution in [1.29, 1.82) is 0 Å². The fourth-order valence-electron chi connectivity index (χ4n) is 3.36. The molecule has 1 unspecified atom stereocenters. The summed E-state index contributed by atoms with van der Waals surface area (Å²) >= 11 is 0. The molecular weight excluding hydrogens is 388 g/mol. The van der Waals surface area contributed by atoms with E-state index in [9.17, 15) is 8.42 Å². The van der Waals surface area contributed by atoms with Crippen LogP contribution in [0.4, 0.5) is 0 Å². The van der Waals surface area contributed by atoms with Crippen LogP contribution >= 0.6 is 0 Å². The molecule has 0 aliphatic carbocycles. The van der Waals surface area contributed by atoms with Gasteiger partial charge in [0, 0.05) is 26.4 Å². The summed E-state index contributed by atoms with van der Waals surface area (Å²) in [5, 5.41) is 6.55. The van der Waals surface area contributed by atoms with E-state index in [0.29, 0.717) is 19.0 Å². The molecule has 1 aliphatic heterocycles. The summed E-state index contributed by atoms with van der Waals surface area (Å²) in [5.41, 5.74) is 1.23. The number of piperidine rings is 1.